The van der Waals surface area contributed by atoms with Gasteiger partial charge in [0, 0.05) is 106 Å². The summed E-state index contributed by atoms with van der Waals surface area (Å²) in [5.41, 5.74) is -9.59. The Bertz CT molecular complexity index is 2020. The molecule has 0 aliphatic heterocycles. The van der Waals surface area contributed by atoms with E-state index in [9.17, 15) is 58.1 Å². The molecule has 0 rings (SSSR count). The number of hydrogen-bond acceptors (Lipinski definition) is 19. The summed E-state index contributed by atoms with van der Waals surface area (Å²) in [6.07, 6.45) is -5.02. The van der Waals surface area contributed by atoms with Gasteiger partial charge in [-0.25, -0.2) is 0 Å². The van der Waals surface area contributed by atoms with Gasteiger partial charge in [0.2, 0.25) is 23.3 Å². The van der Waals surface area contributed by atoms with Gasteiger partial charge in [-0.3, -0.25) is 58.1 Å². The first-order chi connectivity index (χ1) is 38.3. The van der Waals surface area contributed by atoms with E-state index in [0.717, 1.165) is 0 Å². The molecule has 85 heavy (non-hydrogen) atoms. The normalized spacial score (nSPS) is 12.8. The Morgan fingerprint density at radius 3 is 0.718 bits per heavy atom. The van der Waals surface area contributed by atoms with E-state index in [4.69, 9.17) is 33.2 Å². The number of amides is 3. The summed E-state index contributed by atoms with van der Waals surface area (Å²) in [5.74, 6) is -6.35. The molecule has 0 atom stereocenters. The van der Waals surface area contributed by atoms with Gasteiger partial charge in [-0.15, -0.1) is 0 Å². The van der Waals surface area contributed by atoms with Crippen LogP contribution in [0, 0.1) is 10.1 Å². The number of nitrogens with one attached hydrogen (secondary N) is 3. The predicted octanol–water partition coefficient (Wildman–Crippen LogP) is 10.0. The van der Waals surface area contributed by atoms with Crippen molar-refractivity contribution >= 4 is 59.5 Å². The first-order valence-corrected chi connectivity index (χ1v) is 29.9. The fraction of sp³-hybridized carbons (Fsp3) is 0.839. The molecular weight excluding hydrogens is 1100 g/mol. The fourth-order valence-electron chi connectivity index (χ4n) is 8.73. The molecule has 490 valence electrons. The molecule has 0 fully saturated rings. The molecule has 0 aliphatic rings. The van der Waals surface area contributed by atoms with E-state index < -0.39 is 165 Å². The van der Waals surface area contributed by atoms with E-state index in [2.05, 4.69) is 16.0 Å². The Morgan fingerprint density at radius 1 is 0.318 bits per heavy atom. The maximum atomic E-state index is 14.6. The molecule has 0 spiro atoms. The monoisotopic (exact) mass is 1210 g/mol. The molecule has 0 unspecified atom stereocenters. The maximum absolute atomic E-state index is 14.6. The highest BCUT2D eigenvalue weighted by Crippen LogP contribution is 2.33. The fourth-order valence-corrected chi connectivity index (χ4v) is 8.73. The molecule has 3 N–H and O–H groups in total. The number of carbonyl (C=O) groups is 10. The van der Waals surface area contributed by atoms with Crippen LogP contribution < -0.4 is 16.0 Å². The third-order valence-corrected chi connectivity index (χ3v) is 12.1. The smallest absolute Gasteiger partial charge is 0.306 e. The van der Waals surface area contributed by atoms with E-state index in [1.807, 2.05) is 0 Å². The van der Waals surface area contributed by atoms with E-state index in [-0.39, 0.29) is 89.9 Å². The minimum absolute atomic E-state index is 0.0325. The number of hydrogen-bond donors (Lipinski definition) is 3. The zero-order chi connectivity index (χ0) is 66.2. The van der Waals surface area contributed by atoms with Crippen molar-refractivity contribution in [2.45, 2.75) is 336 Å². The summed E-state index contributed by atoms with van der Waals surface area (Å²) in [6, 6.07) is -1.61. The number of nitrogens with zero attached hydrogens (tertiary/aromatic N) is 1. The molecule has 0 saturated heterocycles. The van der Waals surface area contributed by atoms with Crippen LogP contribution in [0.4, 0.5) is 0 Å². The van der Waals surface area contributed by atoms with Crippen LogP contribution in [-0.4, -0.2) is 127 Å². The number of nitro groups is 1. The summed E-state index contributed by atoms with van der Waals surface area (Å²) < 4.78 is 38.6. The first-order valence-electron chi connectivity index (χ1n) is 29.9. The van der Waals surface area contributed by atoms with E-state index >= 15 is 0 Å². The second kappa shape index (κ2) is 33.9. The lowest BCUT2D eigenvalue weighted by atomic mass is 9.82. The summed E-state index contributed by atoms with van der Waals surface area (Å²) in [5, 5.41) is 22.2. The zero-order valence-electron chi connectivity index (χ0n) is 55.5. The second-order valence-corrected chi connectivity index (χ2v) is 29.1. The average Bonchev–Trinajstić information content (AvgIpc) is 3.48. The van der Waals surface area contributed by atoms with Crippen molar-refractivity contribution in [3.63, 3.8) is 0 Å². The minimum Gasteiger partial charge on any atom is -0.460 e. The van der Waals surface area contributed by atoms with E-state index in [1.54, 1.807) is 145 Å². The van der Waals surface area contributed by atoms with Crippen molar-refractivity contribution in [3.8, 4) is 0 Å². The molecule has 0 aromatic carbocycles. The average molecular weight is 1210 g/mol. The van der Waals surface area contributed by atoms with Gasteiger partial charge in [0.25, 0.3) is 0 Å². The standard InChI is InChI=1S/C62H108N4O19/c1-54(2,3)79-47(70)26-22-42(23-27-48(71)80-55(4,5)6)63-44(67)30-39-62(66(77)78,40-31-45(68)64-43(24-28-49(72)81-56(7,8)9)25-29-50(73)82-57(10,11)12)41-32-46(69)65-61(36-33-51(74)83-58(13,14)15,37-34-52(75)84-59(16,17)18)38-35-53(76)85-60(19,20)21/h42-43H,22-41H2,1-21H3,(H,63,67)(H,64,68)(H,65,69). The molecule has 3 amide bonds. The third kappa shape index (κ3) is 41.7. The lowest BCUT2D eigenvalue weighted by molar-refractivity contribution is -0.573. The Morgan fingerprint density at radius 2 is 0.518 bits per heavy atom. The van der Waals surface area contributed by atoms with Gasteiger partial charge >= 0.3 is 41.8 Å². The van der Waals surface area contributed by atoms with Crippen molar-refractivity contribution in [2.75, 3.05) is 0 Å². The predicted molar refractivity (Wildman–Crippen MR) is 318 cm³/mol. The van der Waals surface area contributed by atoms with Gasteiger partial charge in [-0.2, -0.15) is 0 Å². The molecule has 0 heterocycles. The molecule has 0 bridgehead atoms. The van der Waals surface area contributed by atoms with Crippen molar-refractivity contribution in [2.24, 2.45) is 0 Å². The number of esters is 7. The summed E-state index contributed by atoms with van der Waals surface area (Å²) in [6.45, 7) is 35.4. The van der Waals surface area contributed by atoms with Gasteiger partial charge in [-0.1, -0.05) is 0 Å². The molecule has 0 saturated carbocycles. The number of ether oxygens (including phenoxy) is 7. The molecule has 0 radical (unpaired) electrons. The van der Waals surface area contributed by atoms with Crippen LogP contribution in [0.5, 0.6) is 0 Å². The lowest BCUT2D eigenvalue weighted by Crippen LogP contribution is -2.51. The highest BCUT2D eigenvalue weighted by Gasteiger charge is 2.45. The van der Waals surface area contributed by atoms with Crippen LogP contribution in [0.3, 0.4) is 0 Å². The van der Waals surface area contributed by atoms with Crippen LogP contribution in [0.15, 0.2) is 0 Å². The Labute approximate surface area is 506 Å². The number of carbonyl (C=O) groups excluding carboxylic acids is 10. The molecule has 23 nitrogen and oxygen atoms in total. The first kappa shape index (κ1) is 79.1. The topological polar surface area (TPSA) is 315 Å². The van der Waals surface area contributed by atoms with Crippen LogP contribution >= 0.6 is 0 Å². The SMILES string of the molecule is CC(C)(C)OC(=O)CCC(CCC(=O)OC(C)(C)C)NC(=O)CCC(CCC(=O)NC(CCC(=O)OC(C)(C)C)CCC(=O)OC(C)(C)C)(CCC(=O)NC(CCC(=O)OC(C)(C)C)(CCC(=O)OC(C)(C)C)CCC(=O)OC(C)(C)C)[N+](=O)[O-]. The summed E-state index contributed by atoms with van der Waals surface area (Å²) >= 11 is 0. The van der Waals surface area contributed by atoms with Crippen LogP contribution in [0.25, 0.3) is 0 Å². The van der Waals surface area contributed by atoms with Crippen LogP contribution in [0.1, 0.15) is 274 Å². The second-order valence-electron chi connectivity index (χ2n) is 29.1. The van der Waals surface area contributed by atoms with Crippen molar-refractivity contribution in [1.82, 2.24) is 16.0 Å². The molecular formula is C62H108N4O19. The highest BCUT2D eigenvalue weighted by molar-refractivity contribution is 5.80. The van der Waals surface area contributed by atoms with Gasteiger partial charge in [0.15, 0.2) is 0 Å². The van der Waals surface area contributed by atoms with E-state index in [0.29, 0.717) is 0 Å². The van der Waals surface area contributed by atoms with Crippen molar-refractivity contribution < 1.29 is 86.0 Å². The lowest BCUT2D eigenvalue weighted by Gasteiger charge is -2.36. The van der Waals surface area contributed by atoms with Crippen LogP contribution in [-0.2, 0) is 81.1 Å². The van der Waals surface area contributed by atoms with Gasteiger partial charge in [0.05, 0.1) is 0 Å². The Hall–Kier alpha value is -5.90. The summed E-state index contributed by atoms with van der Waals surface area (Å²) in [7, 11) is 0. The Kier molecular flexibility index (Phi) is 31.5. The maximum Gasteiger partial charge on any atom is 0.306 e. The molecule has 0 aliphatic carbocycles. The quantitative estimate of drug-likeness (QED) is 0.0233. The highest BCUT2D eigenvalue weighted by atomic mass is 16.6. The van der Waals surface area contributed by atoms with Gasteiger partial charge in [-0.05, 0) is 190 Å². The van der Waals surface area contributed by atoms with Crippen molar-refractivity contribution in [1.29, 1.82) is 0 Å². The third-order valence-electron chi connectivity index (χ3n) is 12.1. The molecule has 23 heteroatoms. The number of rotatable bonds is 34. The minimum atomic E-state index is -2.18. The van der Waals surface area contributed by atoms with Crippen LogP contribution in [0.2, 0.25) is 0 Å². The van der Waals surface area contributed by atoms with Gasteiger partial charge in [0.1, 0.15) is 39.2 Å². The largest absolute Gasteiger partial charge is 0.460 e. The Balaban J connectivity index is 7.56. The molecule has 0 aromatic rings. The zero-order valence-corrected chi connectivity index (χ0v) is 55.5. The summed E-state index contributed by atoms with van der Waals surface area (Å²) in [4.78, 5) is 147. The van der Waals surface area contributed by atoms with Gasteiger partial charge < -0.3 is 49.1 Å². The van der Waals surface area contributed by atoms with Crippen molar-refractivity contribution in [3.05, 3.63) is 10.1 Å². The van der Waals surface area contributed by atoms with E-state index in [1.165, 1.54) is 0 Å². The molecule has 0 aromatic heterocycles.